The molecule has 2 heterocycles. The summed E-state index contributed by atoms with van der Waals surface area (Å²) in [7, 11) is 0. The van der Waals surface area contributed by atoms with E-state index in [4.69, 9.17) is 20.2 Å². The third-order valence-electron chi connectivity index (χ3n) is 5.52. The molecule has 140 valence electrons. The van der Waals surface area contributed by atoms with Gasteiger partial charge in [-0.25, -0.2) is 9.97 Å². The summed E-state index contributed by atoms with van der Waals surface area (Å²) < 4.78 is 11.6. The fourth-order valence-electron chi connectivity index (χ4n) is 4.01. The zero-order chi connectivity index (χ0) is 17.9. The lowest BCUT2D eigenvalue weighted by Gasteiger charge is -2.35. The van der Waals surface area contributed by atoms with E-state index in [2.05, 4.69) is 16.8 Å². The number of anilines is 1. The summed E-state index contributed by atoms with van der Waals surface area (Å²) in [5.74, 6) is 1.61. The van der Waals surface area contributed by atoms with E-state index in [0.29, 0.717) is 18.7 Å². The van der Waals surface area contributed by atoms with Gasteiger partial charge in [0.25, 0.3) is 0 Å². The standard InChI is InChI=1S/C20H28N4O2/c1-2-24(16-8-6-15(21)7-9-16)20-22-12-14-4-3-5-18(19(14)23-20)26-17-10-11-25-13-17/h3-5,12,15-17H,2,6-11,13,21H2,1H3. The maximum atomic E-state index is 6.17. The Morgan fingerprint density at radius 1 is 1.23 bits per heavy atom. The van der Waals surface area contributed by atoms with Crippen LogP contribution < -0.4 is 15.4 Å². The van der Waals surface area contributed by atoms with Crippen LogP contribution in [-0.4, -0.2) is 47.9 Å². The van der Waals surface area contributed by atoms with Crippen molar-refractivity contribution in [3.63, 3.8) is 0 Å². The maximum absolute atomic E-state index is 6.17. The summed E-state index contributed by atoms with van der Waals surface area (Å²) in [6.07, 6.45) is 7.31. The van der Waals surface area contributed by atoms with Gasteiger partial charge in [0.1, 0.15) is 17.4 Å². The number of para-hydroxylation sites is 1. The number of aromatic nitrogens is 2. The molecule has 2 aromatic rings. The molecular weight excluding hydrogens is 328 g/mol. The van der Waals surface area contributed by atoms with Crippen LogP contribution in [0.3, 0.4) is 0 Å². The first kappa shape index (κ1) is 17.5. The van der Waals surface area contributed by atoms with Crippen molar-refractivity contribution in [2.75, 3.05) is 24.7 Å². The predicted octanol–water partition coefficient (Wildman–Crippen LogP) is 2.89. The van der Waals surface area contributed by atoms with Gasteiger partial charge in [0.15, 0.2) is 0 Å². The van der Waals surface area contributed by atoms with Crippen LogP contribution in [0.4, 0.5) is 5.95 Å². The highest BCUT2D eigenvalue weighted by atomic mass is 16.5. The number of rotatable bonds is 5. The van der Waals surface area contributed by atoms with Gasteiger partial charge in [0.05, 0.1) is 13.2 Å². The highest BCUT2D eigenvalue weighted by molar-refractivity contribution is 5.84. The van der Waals surface area contributed by atoms with E-state index in [1.165, 1.54) is 0 Å². The van der Waals surface area contributed by atoms with Crippen molar-refractivity contribution in [2.45, 2.75) is 57.2 Å². The third kappa shape index (κ3) is 3.62. The van der Waals surface area contributed by atoms with Crippen molar-refractivity contribution in [3.05, 3.63) is 24.4 Å². The van der Waals surface area contributed by atoms with Crippen molar-refractivity contribution < 1.29 is 9.47 Å². The first-order valence-corrected chi connectivity index (χ1v) is 9.77. The number of hydrogen-bond acceptors (Lipinski definition) is 6. The minimum atomic E-state index is 0.112. The molecule has 2 N–H and O–H groups in total. The van der Waals surface area contributed by atoms with Gasteiger partial charge in [0.2, 0.25) is 5.95 Å². The Labute approximate surface area is 154 Å². The highest BCUT2D eigenvalue weighted by Gasteiger charge is 2.26. The van der Waals surface area contributed by atoms with E-state index >= 15 is 0 Å². The Balaban J connectivity index is 1.62. The van der Waals surface area contributed by atoms with E-state index in [-0.39, 0.29) is 6.10 Å². The average molecular weight is 356 g/mol. The molecule has 2 fully saturated rings. The number of nitrogens with two attached hydrogens (primary N) is 1. The quantitative estimate of drug-likeness (QED) is 0.888. The average Bonchev–Trinajstić information content (AvgIpc) is 3.17. The van der Waals surface area contributed by atoms with Crippen LogP contribution in [0.25, 0.3) is 10.9 Å². The second-order valence-electron chi connectivity index (χ2n) is 7.32. The van der Waals surface area contributed by atoms with Gasteiger partial charge in [-0.3, -0.25) is 0 Å². The molecule has 0 bridgehead atoms. The monoisotopic (exact) mass is 356 g/mol. The number of hydrogen-bond donors (Lipinski definition) is 1. The van der Waals surface area contributed by atoms with Crippen molar-refractivity contribution in [3.8, 4) is 5.75 Å². The molecular formula is C20H28N4O2. The number of nitrogens with zero attached hydrogens (tertiary/aromatic N) is 3. The van der Waals surface area contributed by atoms with Crippen LogP contribution in [0.1, 0.15) is 39.0 Å². The van der Waals surface area contributed by atoms with Crippen molar-refractivity contribution in [2.24, 2.45) is 5.73 Å². The lowest BCUT2D eigenvalue weighted by Crippen LogP contribution is -2.41. The molecule has 1 saturated heterocycles. The Hall–Kier alpha value is -1.92. The first-order valence-electron chi connectivity index (χ1n) is 9.77. The maximum Gasteiger partial charge on any atom is 0.226 e. The summed E-state index contributed by atoms with van der Waals surface area (Å²) in [4.78, 5) is 11.9. The zero-order valence-corrected chi connectivity index (χ0v) is 15.4. The van der Waals surface area contributed by atoms with Gasteiger partial charge >= 0.3 is 0 Å². The summed E-state index contributed by atoms with van der Waals surface area (Å²) >= 11 is 0. The van der Waals surface area contributed by atoms with E-state index in [1.807, 2.05) is 24.4 Å². The second-order valence-corrected chi connectivity index (χ2v) is 7.32. The second kappa shape index (κ2) is 7.76. The minimum Gasteiger partial charge on any atom is -0.486 e. The molecule has 1 aromatic carbocycles. The normalized spacial score (nSPS) is 26.2. The minimum absolute atomic E-state index is 0.112. The van der Waals surface area contributed by atoms with Crippen LogP contribution in [0.5, 0.6) is 5.75 Å². The van der Waals surface area contributed by atoms with Gasteiger partial charge in [-0.2, -0.15) is 0 Å². The molecule has 0 spiro atoms. The summed E-state index contributed by atoms with van der Waals surface area (Å²) in [5.41, 5.74) is 6.96. The third-order valence-corrected chi connectivity index (χ3v) is 5.52. The lowest BCUT2D eigenvalue weighted by molar-refractivity contribution is 0.142. The summed E-state index contributed by atoms with van der Waals surface area (Å²) in [5, 5.41) is 1.01. The SMILES string of the molecule is CCN(c1ncc2cccc(OC3CCOC3)c2n1)C1CCC(N)CC1. The van der Waals surface area contributed by atoms with Gasteiger partial charge in [-0.15, -0.1) is 0 Å². The van der Waals surface area contributed by atoms with E-state index in [9.17, 15) is 0 Å². The molecule has 26 heavy (non-hydrogen) atoms. The number of benzene rings is 1. The van der Waals surface area contributed by atoms with Crippen LogP contribution in [0.15, 0.2) is 24.4 Å². The zero-order valence-electron chi connectivity index (χ0n) is 15.4. The van der Waals surface area contributed by atoms with Crippen LogP contribution in [-0.2, 0) is 4.74 Å². The van der Waals surface area contributed by atoms with E-state index in [1.54, 1.807) is 0 Å². The Kier molecular flexibility index (Phi) is 5.22. The topological polar surface area (TPSA) is 73.5 Å². The van der Waals surface area contributed by atoms with Gasteiger partial charge < -0.3 is 20.1 Å². The molecule has 6 nitrogen and oxygen atoms in total. The van der Waals surface area contributed by atoms with Gasteiger partial charge in [-0.05, 0) is 38.7 Å². The fraction of sp³-hybridized carbons (Fsp3) is 0.600. The number of ether oxygens (including phenoxy) is 2. The predicted molar refractivity (Wildman–Crippen MR) is 103 cm³/mol. The molecule has 6 heteroatoms. The lowest BCUT2D eigenvalue weighted by atomic mass is 9.91. The smallest absolute Gasteiger partial charge is 0.226 e. The molecule has 0 radical (unpaired) electrons. The van der Waals surface area contributed by atoms with Crippen molar-refractivity contribution in [1.82, 2.24) is 9.97 Å². The molecule has 1 saturated carbocycles. The Morgan fingerprint density at radius 2 is 2.08 bits per heavy atom. The largest absolute Gasteiger partial charge is 0.486 e. The molecule has 4 rings (SSSR count). The molecule has 1 aromatic heterocycles. The van der Waals surface area contributed by atoms with Crippen molar-refractivity contribution >= 4 is 16.9 Å². The highest BCUT2D eigenvalue weighted by Crippen LogP contribution is 2.29. The molecule has 1 aliphatic heterocycles. The molecule has 1 aliphatic carbocycles. The molecule has 1 unspecified atom stereocenters. The van der Waals surface area contributed by atoms with Crippen LogP contribution in [0.2, 0.25) is 0 Å². The Bertz CT molecular complexity index is 740. The number of fused-ring (bicyclic) bond motifs is 1. The van der Waals surface area contributed by atoms with Crippen molar-refractivity contribution in [1.29, 1.82) is 0 Å². The van der Waals surface area contributed by atoms with E-state index in [0.717, 1.165) is 67.9 Å². The summed E-state index contributed by atoms with van der Waals surface area (Å²) in [6, 6.07) is 6.83. The van der Waals surface area contributed by atoms with Gasteiger partial charge in [0, 0.05) is 36.6 Å². The molecule has 0 amide bonds. The van der Waals surface area contributed by atoms with Crippen LogP contribution >= 0.6 is 0 Å². The molecule has 2 aliphatic rings. The first-order chi connectivity index (χ1) is 12.7. The van der Waals surface area contributed by atoms with Crippen LogP contribution in [0, 0.1) is 0 Å². The summed E-state index contributed by atoms with van der Waals surface area (Å²) in [6.45, 7) is 4.48. The fourth-order valence-corrected chi connectivity index (χ4v) is 4.01. The van der Waals surface area contributed by atoms with E-state index < -0.39 is 0 Å². The van der Waals surface area contributed by atoms with Gasteiger partial charge in [-0.1, -0.05) is 12.1 Å². The molecule has 1 atom stereocenters. The Morgan fingerprint density at radius 3 is 2.81 bits per heavy atom.